The molecule has 0 aliphatic rings. The Morgan fingerprint density at radius 1 is 1.11 bits per heavy atom. The molecule has 0 atom stereocenters. The molecule has 0 aliphatic carbocycles. The number of aryl methyl sites for hydroxylation is 2. The summed E-state index contributed by atoms with van der Waals surface area (Å²) in [5.41, 5.74) is 3.44. The summed E-state index contributed by atoms with van der Waals surface area (Å²) in [7, 11) is 0. The van der Waals surface area contributed by atoms with Crippen LogP contribution in [0.3, 0.4) is 0 Å². The minimum atomic E-state index is -0.350. The van der Waals surface area contributed by atoms with Gasteiger partial charge in [0.2, 0.25) is 0 Å². The van der Waals surface area contributed by atoms with Crippen LogP contribution in [0.25, 0.3) is 0 Å². The molecule has 2 aromatic rings. The molecule has 2 aromatic carbocycles. The van der Waals surface area contributed by atoms with Crippen molar-refractivity contribution in [2.75, 3.05) is 5.32 Å². The topological polar surface area (TPSA) is 29.1 Å². The number of rotatable bonds is 2. The van der Waals surface area contributed by atoms with Crippen molar-refractivity contribution in [3.05, 3.63) is 62.5 Å². The Balaban J connectivity index is 2.22. The van der Waals surface area contributed by atoms with Crippen molar-refractivity contribution in [3.63, 3.8) is 0 Å². The average molecular weight is 369 g/mol. The van der Waals surface area contributed by atoms with Crippen LogP contribution >= 0.6 is 22.6 Å². The molecule has 1 amide bonds. The molecule has 19 heavy (non-hydrogen) atoms. The Morgan fingerprint density at radius 2 is 1.63 bits per heavy atom. The Morgan fingerprint density at radius 3 is 2.16 bits per heavy atom. The van der Waals surface area contributed by atoms with Crippen molar-refractivity contribution in [1.82, 2.24) is 0 Å². The normalized spacial score (nSPS) is 10.3. The highest BCUT2D eigenvalue weighted by molar-refractivity contribution is 14.1. The quantitative estimate of drug-likeness (QED) is 0.786. The van der Waals surface area contributed by atoms with Gasteiger partial charge >= 0.3 is 0 Å². The van der Waals surface area contributed by atoms with Gasteiger partial charge in [-0.15, -0.1) is 0 Å². The van der Waals surface area contributed by atoms with Crippen LogP contribution in [-0.2, 0) is 0 Å². The highest BCUT2D eigenvalue weighted by Gasteiger charge is 2.08. The summed E-state index contributed by atoms with van der Waals surface area (Å²) in [6.45, 7) is 4.00. The SMILES string of the molecule is Cc1cc(NC(=O)c2ccc(F)cc2)cc(C)c1I. The standard InChI is InChI=1S/C15H13FINO/c1-9-7-13(8-10(2)14(9)17)18-15(19)11-3-5-12(16)6-4-11/h3-8H,1-2H3,(H,18,19). The lowest BCUT2D eigenvalue weighted by Crippen LogP contribution is -2.12. The van der Waals surface area contributed by atoms with Crippen LogP contribution in [0.5, 0.6) is 0 Å². The van der Waals surface area contributed by atoms with Crippen LogP contribution in [0.2, 0.25) is 0 Å². The number of amides is 1. The van der Waals surface area contributed by atoms with E-state index in [9.17, 15) is 9.18 Å². The Labute approximate surface area is 125 Å². The second-order valence-corrected chi connectivity index (χ2v) is 5.46. The molecule has 0 saturated heterocycles. The second kappa shape index (κ2) is 5.69. The van der Waals surface area contributed by atoms with E-state index in [-0.39, 0.29) is 11.7 Å². The van der Waals surface area contributed by atoms with E-state index < -0.39 is 0 Å². The molecular weight excluding hydrogens is 356 g/mol. The summed E-state index contributed by atoms with van der Waals surface area (Å²) in [5.74, 6) is -0.586. The van der Waals surface area contributed by atoms with E-state index >= 15 is 0 Å². The van der Waals surface area contributed by atoms with Gasteiger partial charge in [0.1, 0.15) is 5.82 Å². The first-order chi connectivity index (χ1) is 8.97. The number of halogens is 2. The lowest BCUT2D eigenvalue weighted by molar-refractivity contribution is 0.102. The van der Waals surface area contributed by atoms with Gasteiger partial charge in [0.05, 0.1) is 0 Å². The van der Waals surface area contributed by atoms with Crippen LogP contribution in [0.1, 0.15) is 21.5 Å². The molecule has 2 rings (SSSR count). The minimum absolute atomic E-state index is 0.236. The van der Waals surface area contributed by atoms with E-state index in [2.05, 4.69) is 27.9 Å². The fourth-order valence-corrected chi connectivity index (χ4v) is 2.13. The van der Waals surface area contributed by atoms with Crippen molar-refractivity contribution in [3.8, 4) is 0 Å². The summed E-state index contributed by atoms with van der Waals surface area (Å²) >= 11 is 2.28. The lowest BCUT2D eigenvalue weighted by atomic mass is 10.1. The summed E-state index contributed by atoms with van der Waals surface area (Å²) in [5, 5.41) is 2.82. The average Bonchev–Trinajstić information content (AvgIpc) is 2.36. The van der Waals surface area contributed by atoms with Gasteiger partial charge in [0.25, 0.3) is 5.91 Å². The third kappa shape index (κ3) is 3.32. The van der Waals surface area contributed by atoms with Gasteiger partial charge in [-0.1, -0.05) is 0 Å². The van der Waals surface area contributed by atoms with E-state index in [0.717, 1.165) is 16.8 Å². The molecule has 4 heteroatoms. The van der Waals surface area contributed by atoms with Crippen LogP contribution in [-0.4, -0.2) is 5.91 Å². The Bertz CT molecular complexity index is 600. The summed E-state index contributed by atoms with van der Waals surface area (Å²) in [4.78, 5) is 12.0. The second-order valence-electron chi connectivity index (χ2n) is 4.39. The minimum Gasteiger partial charge on any atom is -0.322 e. The predicted octanol–water partition coefficient (Wildman–Crippen LogP) is 4.30. The third-order valence-electron chi connectivity index (χ3n) is 2.80. The fourth-order valence-electron chi connectivity index (χ4n) is 1.82. The van der Waals surface area contributed by atoms with Crippen LogP contribution in [0, 0.1) is 23.2 Å². The molecule has 0 aliphatic heterocycles. The molecule has 1 N–H and O–H groups in total. The molecule has 0 spiro atoms. The van der Waals surface area contributed by atoms with Crippen molar-refractivity contribution in [2.45, 2.75) is 13.8 Å². The van der Waals surface area contributed by atoms with Crippen molar-refractivity contribution in [1.29, 1.82) is 0 Å². The van der Waals surface area contributed by atoms with E-state index in [1.807, 2.05) is 26.0 Å². The van der Waals surface area contributed by atoms with E-state index in [1.54, 1.807) is 0 Å². The van der Waals surface area contributed by atoms with Crippen molar-refractivity contribution < 1.29 is 9.18 Å². The molecule has 2 nitrogen and oxygen atoms in total. The highest BCUT2D eigenvalue weighted by Crippen LogP contribution is 2.22. The maximum atomic E-state index is 12.8. The van der Waals surface area contributed by atoms with Gasteiger partial charge in [-0.2, -0.15) is 0 Å². The summed E-state index contributed by atoms with van der Waals surface area (Å²) in [6.07, 6.45) is 0. The predicted molar refractivity (Wildman–Crippen MR) is 83.0 cm³/mol. The van der Waals surface area contributed by atoms with E-state index in [1.165, 1.54) is 27.8 Å². The van der Waals surface area contributed by atoms with E-state index in [4.69, 9.17) is 0 Å². The smallest absolute Gasteiger partial charge is 0.255 e. The molecule has 0 fully saturated rings. The zero-order chi connectivity index (χ0) is 14.0. The molecule has 0 heterocycles. The zero-order valence-corrected chi connectivity index (χ0v) is 12.8. The van der Waals surface area contributed by atoms with Crippen LogP contribution < -0.4 is 5.32 Å². The first-order valence-electron chi connectivity index (χ1n) is 5.81. The molecule has 98 valence electrons. The number of anilines is 1. The van der Waals surface area contributed by atoms with Gasteiger partial charge in [0.15, 0.2) is 0 Å². The zero-order valence-electron chi connectivity index (χ0n) is 10.6. The van der Waals surface area contributed by atoms with Gasteiger partial charge in [-0.3, -0.25) is 4.79 Å². The number of hydrogen-bond acceptors (Lipinski definition) is 1. The van der Waals surface area contributed by atoms with Crippen molar-refractivity contribution >= 4 is 34.2 Å². The Hall–Kier alpha value is -1.43. The first-order valence-corrected chi connectivity index (χ1v) is 6.89. The van der Waals surface area contributed by atoms with Crippen LogP contribution in [0.4, 0.5) is 10.1 Å². The summed E-state index contributed by atoms with van der Waals surface area (Å²) < 4.78 is 14.0. The highest BCUT2D eigenvalue weighted by atomic mass is 127. The fraction of sp³-hybridized carbons (Fsp3) is 0.133. The number of hydrogen-bond donors (Lipinski definition) is 1. The van der Waals surface area contributed by atoms with Crippen molar-refractivity contribution in [2.24, 2.45) is 0 Å². The maximum Gasteiger partial charge on any atom is 0.255 e. The Kier molecular flexibility index (Phi) is 4.19. The number of carbonyl (C=O) groups is 1. The molecule has 0 aromatic heterocycles. The van der Waals surface area contributed by atoms with Crippen LogP contribution in [0.15, 0.2) is 36.4 Å². The molecule has 0 bridgehead atoms. The lowest BCUT2D eigenvalue weighted by Gasteiger charge is -2.09. The maximum absolute atomic E-state index is 12.8. The largest absolute Gasteiger partial charge is 0.322 e. The first kappa shape index (κ1) is 14.0. The molecule has 0 unspecified atom stereocenters. The van der Waals surface area contributed by atoms with Gasteiger partial charge in [-0.25, -0.2) is 4.39 Å². The third-order valence-corrected chi connectivity index (χ3v) is 4.50. The number of nitrogens with one attached hydrogen (secondary N) is 1. The summed E-state index contributed by atoms with van der Waals surface area (Å²) in [6, 6.07) is 9.35. The van der Waals surface area contributed by atoms with Gasteiger partial charge in [-0.05, 0) is 84.0 Å². The van der Waals surface area contributed by atoms with Gasteiger partial charge < -0.3 is 5.32 Å². The van der Waals surface area contributed by atoms with E-state index in [0.29, 0.717) is 5.56 Å². The molecular formula is C15H13FINO. The number of benzene rings is 2. The monoisotopic (exact) mass is 369 g/mol. The number of carbonyl (C=O) groups excluding carboxylic acids is 1. The van der Waals surface area contributed by atoms with Gasteiger partial charge in [0, 0.05) is 14.8 Å². The molecule has 0 saturated carbocycles. The molecule has 0 radical (unpaired) electrons.